The first kappa shape index (κ1) is 20.8. The summed E-state index contributed by atoms with van der Waals surface area (Å²) in [6, 6.07) is 14.0. The fourth-order valence-electron chi connectivity index (χ4n) is 5.00. The van der Waals surface area contributed by atoms with E-state index in [2.05, 4.69) is 44.5 Å². The highest BCUT2D eigenvalue weighted by molar-refractivity contribution is 5.98. The smallest absolute Gasteiger partial charge is 0.408 e. The van der Waals surface area contributed by atoms with Gasteiger partial charge in [0.2, 0.25) is 5.95 Å². The number of rotatable bonds is 6. The van der Waals surface area contributed by atoms with E-state index in [1.807, 2.05) is 6.20 Å². The van der Waals surface area contributed by atoms with Gasteiger partial charge in [0.1, 0.15) is 0 Å². The molecule has 2 N–H and O–H groups in total. The van der Waals surface area contributed by atoms with Crippen molar-refractivity contribution < 1.29 is 9.21 Å². The molecule has 8 nitrogen and oxygen atoms in total. The Morgan fingerprint density at radius 1 is 1.15 bits per heavy atom. The Balaban J connectivity index is 1.05. The first-order valence-electron chi connectivity index (χ1n) is 11.7. The van der Waals surface area contributed by atoms with E-state index in [4.69, 9.17) is 9.40 Å². The van der Waals surface area contributed by atoms with Crippen LogP contribution in [0, 0.1) is 0 Å². The lowest BCUT2D eigenvalue weighted by Gasteiger charge is -2.28. The Labute approximate surface area is 196 Å². The molecule has 1 aliphatic carbocycles. The standard InChI is InChI=1S/C26H25N5O3/c32-23(18-5-6-22-24(13-18)34-26(33)30-22)8-10-31-9-7-21-19(15-31)14-27-25(29-21)28-20-11-16-3-1-2-4-17(16)12-20/h1-6,13-14,20H,7-12,15H2,(H,30,33)(H,27,28,29). The highest BCUT2D eigenvalue weighted by Crippen LogP contribution is 2.25. The minimum atomic E-state index is -0.513. The number of carbonyl (C=O) groups is 1. The zero-order valence-electron chi connectivity index (χ0n) is 18.7. The molecule has 0 unspecified atom stereocenters. The Kier molecular flexibility index (Phi) is 5.22. The zero-order valence-corrected chi connectivity index (χ0v) is 18.7. The SMILES string of the molecule is O=C(CCN1CCc2nc(NC3Cc4ccccc4C3)ncc2C1)c1ccc2[nH]c(=O)oc2c1. The fourth-order valence-corrected chi connectivity index (χ4v) is 5.00. The van der Waals surface area contributed by atoms with E-state index in [9.17, 15) is 9.59 Å². The topological polar surface area (TPSA) is 104 Å². The van der Waals surface area contributed by atoms with Crippen LogP contribution in [0.3, 0.4) is 0 Å². The Bertz CT molecular complexity index is 1410. The summed E-state index contributed by atoms with van der Waals surface area (Å²) < 4.78 is 5.07. The monoisotopic (exact) mass is 455 g/mol. The number of nitrogens with one attached hydrogen (secondary N) is 2. The number of carbonyl (C=O) groups excluding carboxylic acids is 1. The van der Waals surface area contributed by atoms with Crippen molar-refractivity contribution in [1.29, 1.82) is 0 Å². The molecule has 0 saturated carbocycles. The van der Waals surface area contributed by atoms with Crippen LogP contribution < -0.4 is 11.1 Å². The number of ketones is 1. The van der Waals surface area contributed by atoms with E-state index < -0.39 is 5.76 Å². The van der Waals surface area contributed by atoms with Crippen molar-refractivity contribution >= 4 is 22.8 Å². The zero-order chi connectivity index (χ0) is 23.1. The summed E-state index contributed by atoms with van der Waals surface area (Å²) in [4.78, 5) is 38.2. The van der Waals surface area contributed by atoms with Gasteiger partial charge in [-0.15, -0.1) is 0 Å². The second kappa shape index (κ2) is 8.53. The minimum absolute atomic E-state index is 0.0323. The number of nitrogens with zero attached hydrogens (tertiary/aromatic N) is 3. The van der Waals surface area contributed by atoms with Gasteiger partial charge in [-0.05, 0) is 42.2 Å². The molecule has 0 spiro atoms. The second-order valence-corrected chi connectivity index (χ2v) is 9.11. The summed E-state index contributed by atoms with van der Waals surface area (Å²) in [5, 5.41) is 3.51. The van der Waals surface area contributed by atoms with Crippen molar-refractivity contribution in [1.82, 2.24) is 19.9 Å². The van der Waals surface area contributed by atoms with Crippen LogP contribution in [0.2, 0.25) is 0 Å². The lowest BCUT2D eigenvalue weighted by atomic mass is 10.0. The number of hydrogen-bond acceptors (Lipinski definition) is 7. The quantitative estimate of drug-likeness (QED) is 0.431. The molecule has 172 valence electrons. The van der Waals surface area contributed by atoms with Crippen molar-refractivity contribution in [2.45, 2.75) is 38.3 Å². The van der Waals surface area contributed by atoms with Gasteiger partial charge in [-0.25, -0.2) is 14.8 Å². The number of anilines is 1. The molecule has 2 aromatic heterocycles. The maximum absolute atomic E-state index is 12.7. The molecule has 0 saturated heterocycles. The van der Waals surface area contributed by atoms with Crippen molar-refractivity contribution in [3.8, 4) is 0 Å². The van der Waals surface area contributed by atoms with Gasteiger partial charge in [0, 0.05) is 55.8 Å². The third-order valence-corrected chi connectivity index (χ3v) is 6.80. The largest absolute Gasteiger partial charge is 0.417 e. The molecule has 34 heavy (non-hydrogen) atoms. The summed E-state index contributed by atoms with van der Waals surface area (Å²) in [6.07, 6.45) is 5.16. The predicted molar refractivity (Wildman–Crippen MR) is 128 cm³/mol. The van der Waals surface area contributed by atoms with Crippen LogP contribution in [0.25, 0.3) is 11.1 Å². The Hall–Kier alpha value is -3.78. The number of fused-ring (bicyclic) bond motifs is 3. The number of H-pyrrole nitrogens is 1. The van der Waals surface area contributed by atoms with Crippen molar-refractivity contribution in [3.05, 3.63) is 87.2 Å². The summed E-state index contributed by atoms with van der Waals surface area (Å²) in [5.74, 6) is 0.220. The molecule has 0 radical (unpaired) electrons. The van der Waals surface area contributed by atoms with Gasteiger partial charge >= 0.3 is 5.76 Å². The Morgan fingerprint density at radius 2 is 1.97 bits per heavy atom. The molecular weight excluding hydrogens is 430 g/mol. The molecule has 0 bridgehead atoms. The van der Waals surface area contributed by atoms with Crippen LogP contribution in [0.5, 0.6) is 0 Å². The molecule has 4 aromatic rings. The molecule has 2 aromatic carbocycles. The summed E-state index contributed by atoms with van der Waals surface area (Å²) >= 11 is 0. The number of Topliss-reactive ketones (excluding diaryl/α,β-unsaturated/α-hetero) is 1. The first-order chi connectivity index (χ1) is 16.6. The summed E-state index contributed by atoms with van der Waals surface area (Å²) in [5.41, 5.74) is 6.58. The molecule has 8 heteroatoms. The summed E-state index contributed by atoms with van der Waals surface area (Å²) in [7, 11) is 0. The van der Waals surface area contributed by atoms with Crippen LogP contribution in [0.15, 0.2) is 57.9 Å². The molecule has 0 atom stereocenters. The number of benzene rings is 2. The van der Waals surface area contributed by atoms with E-state index in [1.54, 1.807) is 18.2 Å². The highest BCUT2D eigenvalue weighted by atomic mass is 16.4. The van der Waals surface area contributed by atoms with E-state index >= 15 is 0 Å². The molecule has 0 fully saturated rings. The van der Waals surface area contributed by atoms with E-state index in [0.717, 1.165) is 43.6 Å². The van der Waals surface area contributed by atoms with Gasteiger partial charge in [-0.1, -0.05) is 24.3 Å². The highest BCUT2D eigenvalue weighted by Gasteiger charge is 2.23. The van der Waals surface area contributed by atoms with E-state index in [1.165, 1.54) is 11.1 Å². The Morgan fingerprint density at radius 3 is 2.79 bits per heavy atom. The predicted octanol–water partition coefficient (Wildman–Crippen LogP) is 3.12. The average molecular weight is 456 g/mol. The number of oxazole rings is 1. The lowest BCUT2D eigenvalue weighted by Crippen LogP contribution is -2.33. The lowest BCUT2D eigenvalue weighted by molar-refractivity contribution is 0.0960. The van der Waals surface area contributed by atoms with Gasteiger partial charge in [-0.3, -0.25) is 14.7 Å². The van der Waals surface area contributed by atoms with Crippen LogP contribution in [-0.4, -0.2) is 44.8 Å². The number of aromatic amines is 1. The van der Waals surface area contributed by atoms with Crippen molar-refractivity contribution in [3.63, 3.8) is 0 Å². The van der Waals surface area contributed by atoms with Gasteiger partial charge < -0.3 is 9.73 Å². The third-order valence-electron chi connectivity index (χ3n) is 6.80. The van der Waals surface area contributed by atoms with Gasteiger partial charge in [0.05, 0.1) is 11.2 Å². The minimum Gasteiger partial charge on any atom is -0.408 e. The van der Waals surface area contributed by atoms with Gasteiger partial charge in [0.25, 0.3) is 0 Å². The second-order valence-electron chi connectivity index (χ2n) is 9.11. The molecule has 0 amide bonds. The number of aromatic nitrogens is 3. The molecule has 3 heterocycles. The van der Waals surface area contributed by atoms with Gasteiger partial charge in [-0.2, -0.15) is 0 Å². The summed E-state index contributed by atoms with van der Waals surface area (Å²) in [6.45, 7) is 2.26. The van der Waals surface area contributed by atoms with Crippen molar-refractivity contribution in [2.24, 2.45) is 0 Å². The van der Waals surface area contributed by atoms with Crippen LogP contribution >= 0.6 is 0 Å². The van der Waals surface area contributed by atoms with Crippen LogP contribution in [0.4, 0.5) is 5.95 Å². The average Bonchev–Trinajstić information content (AvgIpc) is 3.43. The van der Waals surface area contributed by atoms with Crippen LogP contribution in [0.1, 0.15) is 39.2 Å². The molecular formula is C26H25N5O3. The first-order valence-corrected chi connectivity index (χ1v) is 11.7. The normalized spacial score (nSPS) is 15.9. The van der Waals surface area contributed by atoms with Crippen molar-refractivity contribution in [2.75, 3.05) is 18.4 Å². The fraction of sp³-hybridized carbons (Fsp3) is 0.308. The third kappa shape index (κ3) is 4.12. The molecule has 2 aliphatic rings. The van der Waals surface area contributed by atoms with Gasteiger partial charge in [0.15, 0.2) is 11.4 Å². The maximum Gasteiger partial charge on any atom is 0.417 e. The maximum atomic E-state index is 12.7. The number of hydrogen-bond donors (Lipinski definition) is 2. The van der Waals surface area contributed by atoms with E-state index in [0.29, 0.717) is 41.6 Å². The van der Waals surface area contributed by atoms with Crippen LogP contribution in [-0.2, 0) is 25.8 Å². The van der Waals surface area contributed by atoms with E-state index in [-0.39, 0.29) is 5.78 Å². The molecule has 6 rings (SSSR count). The molecule has 1 aliphatic heterocycles.